The zero-order valence-electron chi connectivity index (χ0n) is 10.4. The van der Waals surface area contributed by atoms with Crippen molar-refractivity contribution in [2.45, 2.75) is 25.6 Å². The number of hydrogen-bond acceptors (Lipinski definition) is 4. The van der Waals surface area contributed by atoms with Gasteiger partial charge in [0, 0.05) is 17.6 Å². The van der Waals surface area contributed by atoms with Crippen LogP contribution in [0.4, 0.5) is 22.7 Å². The molecular formula is C12H11F4N3S. The molecule has 108 valence electrons. The van der Waals surface area contributed by atoms with E-state index in [0.29, 0.717) is 18.0 Å². The molecule has 1 aromatic carbocycles. The molecule has 20 heavy (non-hydrogen) atoms. The van der Waals surface area contributed by atoms with Crippen LogP contribution in [0.15, 0.2) is 24.3 Å². The van der Waals surface area contributed by atoms with Crippen molar-refractivity contribution in [3.05, 3.63) is 41.5 Å². The summed E-state index contributed by atoms with van der Waals surface area (Å²) in [5.41, 5.74) is 0.881. The molecule has 1 aromatic heterocycles. The van der Waals surface area contributed by atoms with Gasteiger partial charge in [0.2, 0.25) is 11.0 Å². The zero-order chi connectivity index (χ0) is 14.8. The van der Waals surface area contributed by atoms with Crippen LogP contribution >= 0.6 is 11.5 Å². The van der Waals surface area contributed by atoms with Crippen molar-refractivity contribution < 1.29 is 17.6 Å². The summed E-state index contributed by atoms with van der Waals surface area (Å²) in [6.07, 6.45) is -3.99. The van der Waals surface area contributed by atoms with Crippen molar-refractivity contribution in [2.75, 3.05) is 5.32 Å². The molecule has 0 spiro atoms. The SMILES string of the molecule is CC(Cc1ccc(F)cc1)Nc1nc(C(F)(F)F)ns1. The molecule has 8 heteroatoms. The van der Waals surface area contributed by atoms with Crippen molar-refractivity contribution in [3.8, 4) is 0 Å². The molecule has 0 saturated carbocycles. The molecule has 1 atom stereocenters. The van der Waals surface area contributed by atoms with Crippen LogP contribution in [0.1, 0.15) is 18.3 Å². The standard InChI is InChI=1S/C12H11F4N3S/c1-7(6-8-2-4-9(13)5-3-8)17-11-18-10(19-20-11)12(14,15)16/h2-5,7H,6H2,1H3,(H,17,18,19). The summed E-state index contributed by atoms with van der Waals surface area (Å²) in [4.78, 5) is 3.39. The summed E-state index contributed by atoms with van der Waals surface area (Å²) in [7, 11) is 0. The smallest absolute Gasteiger partial charge is 0.357 e. The zero-order valence-corrected chi connectivity index (χ0v) is 11.2. The van der Waals surface area contributed by atoms with Crippen LogP contribution < -0.4 is 5.32 Å². The fourth-order valence-electron chi connectivity index (χ4n) is 1.63. The van der Waals surface area contributed by atoms with Gasteiger partial charge in [-0.1, -0.05) is 12.1 Å². The minimum atomic E-state index is -4.53. The van der Waals surface area contributed by atoms with Crippen molar-refractivity contribution in [2.24, 2.45) is 0 Å². The molecule has 1 N–H and O–H groups in total. The molecule has 1 heterocycles. The lowest BCUT2D eigenvalue weighted by Crippen LogP contribution is -2.18. The number of halogens is 4. The molecule has 1 unspecified atom stereocenters. The Balaban J connectivity index is 1.96. The Kier molecular flexibility index (Phi) is 4.22. The first kappa shape index (κ1) is 14.7. The maximum Gasteiger partial charge on any atom is 0.452 e. The summed E-state index contributed by atoms with van der Waals surface area (Å²) in [5.74, 6) is -1.47. The topological polar surface area (TPSA) is 37.8 Å². The highest BCUT2D eigenvalue weighted by atomic mass is 32.1. The van der Waals surface area contributed by atoms with Crippen LogP contribution in [0.3, 0.4) is 0 Å². The highest BCUT2D eigenvalue weighted by Gasteiger charge is 2.36. The van der Waals surface area contributed by atoms with Crippen molar-refractivity contribution in [3.63, 3.8) is 0 Å². The number of anilines is 1. The van der Waals surface area contributed by atoms with Gasteiger partial charge in [-0.25, -0.2) is 4.39 Å². The number of alkyl halides is 3. The fourth-order valence-corrected chi connectivity index (χ4v) is 2.33. The summed E-state index contributed by atoms with van der Waals surface area (Å²) in [6, 6.07) is 5.81. The van der Waals surface area contributed by atoms with Gasteiger partial charge in [-0.15, -0.1) is 0 Å². The molecule has 3 nitrogen and oxygen atoms in total. The molecular weight excluding hydrogens is 294 g/mol. The Morgan fingerprint density at radius 1 is 1.25 bits per heavy atom. The number of rotatable bonds is 4. The van der Waals surface area contributed by atoms with Gasteiger partial charge in [0.1, 0.15) is 5.82 Å². The largest absolute Gasteiger partial charge is 0.452 e. The molecule has 0 saturated heterocycles. The Hall–Kier alpha value is -1.70. The minimum Gasteiger partial charge on any atom is -0.357 e. The van der Waals surface area contributed by atoms with Gasteiger partial charge < -0.3 is 5.32 Å². The number of hydrogen-bond donors (Lipinski definition) is 1. The van der Waals surface area contributed by atoms with Crippen LogP contribution in [0.25, 0.3) is 0 Å². The Labute approximate surface area is 116 Å². The normalized spacial score (nSPS) is 13.2. The third-order valence-corrected chi connectivity index (χ3v) is 3.15. The van der Waals surface area contributed by atoms with E-state index in [-0.39, 0.29) is 17.0 Å². The van der Waals surface area contributed by atoms with E-state index < -0.39 is 12.0 Å². The highest BCUT2D eigenvalue weighted by Crippen LogP contribution is 2.29. The third-order valence-electron chi connectivity index (χ3n) is 2.50. The van der Waals surface area contributed by atoms with Crippen LogP contribution in [-0.2, 0) is 12.6 Å². The minimum absolute atomic E-state index is 0.118. The lowest BCUT2D eigenvalue weighted by molar-refractivity contribution is -0.144. The van der Waals surface area contributed by atoms with E-state index >= 15 is 0 Å². The number of nitrogens with zero attached hydrogens (tertiary/aromatic N) is 2. The molecule has 0 aliphatic heterocycles. The number of benzene rings is 1. The molecule has 0 amide bonds. The summed E-state index contributed by atoms with van der Waals surface area (Å²) < 4.78 is 53.0. The Bertz CT molecular complexity index is 565. The lowest BCUT2D eigenvalue weighted by atomic mass is 10.1. The Morgan fingerprint density at radius 3 is 2.45 bits per heavy atom. The van der Waals surface area contributed by atoms with E-state index in [4.69, 9.17) is 0 Å². The van der Waals surface area contributed by atoms with Crippen LogP contribution in [0, 0.1) is 5.82 Å². The van der Waals surface area contributed by atoms with Crippen molar-refractivity contribution in [1.29, 1.82) is 0 Å². The van der Waals surface area contributed by atoms with Gasteiger partial charge in [-0.3, -0.25) is 0 Å². The van der Waals surface area contributed by atoms with Crippen LogP contribution in [0.5, 0.6) is 0 Å². The highest BCUT2D eigenvalue weighted by molar-refractivity contribution is 7.09. The van der Waals surface area contributed by atoms with E-state index in [0.717, 1.165) is 5.56 Å². The molecule has 0 radical (unpaired) electrons. The van der Waals surface area contributed by atoms with Gasteiger partial charge >= 0.3 is 6.18 Å². The average molecular weight is 305 g/mol. The van der Waals surface area contributed by atoms with E-state index in [2.05, 4.69) is 14.7 Å². The summed E-state index contributed by atoms with van der Waals surface area (Å²) >= 11 is 0.666. The fraction of sp³-hybridized carbons (Fsp3) is 0.333. The van der Waals surface area contributed by atoms with Gasteiger partial charge in [0.05, 0.1) is 0 Å². The number of nitrogens with one attached hydrogen (secondary N) is 1. The van der Waals surface area contributed by atoms with Gasteiger partial charge in [0.25, 0.3) is 0 Å². The first-order valence-electron chi connectivity index (χ1n) is 5.76. The predicted molar refractivity (Wildman–Crippen MR) is 68.1 cm³/mol. The van der Waals surface area contributed by atoms with E-state index in [1.807, 2.05) is 0 Å². The monoisotopic (exact) mass is 305 g/mol. The maximum absolute atomic E-state index is 12.7. The van der Waals surface area contributed by atoms with E-state index in [1.165, 1.54) is 12.1 Å². The molecule has 2 aromatic rings. The van der Waals surface area contributed by atoms with Gasteiger partial charge in [-0.05, 0) is 31.0 Å². The van der Waals surface area contributed by atoms with Crippen LogP contribution in [0.2, 0.25) is 0 Å². The first-order valence-corrected chi connectivity index (χ1v) is 6.54. The van der Waals surface area contributed by atoms with Crippen molar-refractivity contribution >= 4 is 16.7 Å². The summed E-state index contributed by atoms with van der Waals surface area (Å²) in [6.45, 7) is 1.80. The molecule has 0 fully saturated rings. The Morgan fingerprint density at radius 2 is 1.90 bits per heavy atom. The van der Waals surface area contributed by atoms with Gasteiger partial charge in [-0.2, -0.15) is 22.5 Å². The lowest BCUT2D eigenvalue weighted by Gasteiger charge is -2.12. The number of aromatic nitrogens is 2. The average Bonchev–Trinajstić information content (AvgIpc) is 2.80. The quantitative estimate of drug-likeness (QED) is 0.874. The van der Waals surface area contributed by atoms with E-state index in [1.54, 1.807) is 19.1 Å². The second-order valence-electron chi connectivity index (χ2n) is 4.30. The van der Waals surface area contributed by atoms with Crippen molar-refractivity contribution in [1.82, 2.24) is 9.36 Å². The molecule has 2 rings (SSSR count). The van der Waals surface area contributed by atoms with Gasteiger partial charge in [0.15, 0.2) is 0 Å². The molecule has 0 aliphatic rings. The molecule has 0 aliphatic carbocycles. The van der Waals surface area contributed by atoms with E-state index in [9.17, 15) is 17.6 Å². The first-order chi connectivity index (χ1) is 9.34. The summed E-state index contributed by atoms with van der Waals surface area (Å²) in [5, 5.41) is 2.97. The molecule has 0 bridgehead atoms. The van der Waals surface area contributed by atoms with Crippen LogP contribution in [-0.4, -0.2) is 15.4 Å². The second kappa shape index (κ2) is 5.74. The maximum atomic E-state index is 12.7. The second-order valence-corrected chi connectivity index (χ2v) is 5.05. The third kappa shape index (κ3) is 3.89. The predicted octanol–water partition coefficient (Wildman–Crippen LogP) is 3.74.